The number of hydrogen-bond donors (Lipinski definition) is 2. The van der Waals surface area contributed by atoms with Crippen LogP contribution in [0.1, 0.15) is 13.0 Å². The Morgan fingerprint density at radius 3 is 2.94 bits per heavy atom. The third-order valence-electron chi connectivity index (χ3n) is 2.46. The molecular weight excluding hydrogens is 216 g/mol. The Balaban J connectivity index is 2.07. The average Bonchev–Trinajstić information content (AvgIpc) is 2.81. The van der Waals surface area contributed by atoms with Crippen molar-refractivity contribution in [1.29, 1.82) is 0 Å². The van der Waals surface area contributed by atoms with E-state index in [1.165, 1.54) is 0 Å². The number of aromatic nitrogens is 2. The molecule has 0 radical (unpaired) electrons. The van der Waals surface area contributed by atoms with Gasteiger partial charge in [0.1, 0.15) is 6.04 Å². The lowest BCUT2D eigenvalue weighted by atomic mass is 10.2. The smallest absolute Gasteiger partial charge is 0.248 e. The van der Waals surface area contributed by atoms with Gasteiger partial charge in [0, 0.05) is 23.8 Å². The van der Waals surface area contributed by atoms with Gasteiger partial charge >= 0.3 is 0 Å². The van der Waals surface area contributed by atoms with Crippen molar-refractivity contribution in [1.82, 2.24) is 9.78 Å². The van der Waals surface area contributed by atoms with Crippen LogP contribution in [0, 0.1) is 0 Å². The minimum atomic E-state index is -0.355. The van der Waals surface area contributed by atoms with Gasteiger partial charge in [-0.2, -0.15) is 5.10 Å². The zero-order valence-corrected chi connectivity index (χ0v) is 9.50. The number of amides is 1. The molecule has 17 heavy (non-hydrogen) atoms. The lowest BCUT2D eigenvalue weighted by Gasteiger charge is -2.12. The third kappa shape index (κ3) is 2.63. The van der Waals surface area contributed by atoms with Gasteiger partial charge in [-0.3, -0.25) is 9.48 Å². The Labute approximate surface area is 99.2 Å². The number of carbonyl (C=O) groups is 1. The number of nitrogen functional groups attached to an aromatic ring is 1. The molecule has 0 spiro atoms. The first-order valence-electron chi connectivity index (χ1n) is 5.32. The van der Waals surface area contributed by atoms with E-state index in [-0.39, 0.29) is 11.9 Å². The SMILES string of the molecule is C[C@H](C(=O)Nc1cccc(N)c1)n1cccn1. The summed E-state index contributed by atoms with van der Waals surface area (Å²) in [5.41, 5.74) is 6.95. The van der Waals surface area contributed by atoms with Crippen molar-refractivity contribution < 1.29 is 4.79 Å². The highest BCUT2D eigenvalue weighted by molar-refractivity contribution is 5.93. The number of carbonyl (C=O) groups excluding carboxylic acids is 1. The zero-order valence-electron chi connectivity index (χ0n) is 9.50. The van der Waals surface area contributed by atoms with Gasteiger partial charge in [0.15, 0.2) is 0 Å². The quantitative estimate of drug-likeness (QED) is 0.788. The molecule has 0 bridgehead atoms. The molecule has 0 fully saturated rings. The van der Waals surface area contributed by atoms with Crippen LogP contribution in [0.4, 0.5) is 11.4 Å². The monoisotopic (exact) mass is 230 g/mol. The second-order valence-electron chi connectivity index (χ2n) is 3.78. The normalized spacial score (nSPS) is 12.1. The molecule has 0 saturated heterocycles. The predicted octanol–water partition coefficient (Wildman–Crippen LogP) is 1.66. The van der Waals surface area contributed by atoms with E-state index in [0.717, 1.165) is 0 Å². The summed E-state index contributed by atoms with van der Waals surface area (Å²) in [6.07, 6.45) is 3.40. The van der Waals surface area contributed by atoms with E-state index in [4.69, 9.17) is 5.73 Å². The summed E-state index contributed by atoms with van der Waals surface area (Å²) >= 11 is 0. The van der Waals surface area contributed by atoms with Gasteiger partial charge in [0.2, 0.25) is 5.91 Å². The Kier molecular flexibility index (Phi) is 3.09. The second kappa shape index (κ2) is 4.69. The molecule has 2 aromatic rings. The zero-order chi connectivity index (χ0) is 12.3. The second-order valence-corrected chi connectivity index (χ2v) is 3.78. The number of anilines is 2. The molecule has 5 heteroatoms. The summed E-state index contributed by atoms with van der Waals surface area (Å²) < 4.78 is 1.60. The van der Waals surface area contributed by atoms with E-state index >= 15 is 0 Å². The highest BCUT2D eigenvalue weighted by Gasteiger charge is 2.14. The number of benzene rings is 1. The van der Waals surface area contributed by atoms with E-state index in [2.05, 4.69) is 10.4 Å². The molecule has 1 aromatic heterocycles. The summed E-state index contributed by atoms with van der Waals surface area (Å²) in [7, 11) is 0. The fourth-order valence-electron chi connectivity index (χ4n) is 1.49. The van der Waals surface area contributed by atoms with Crippen molar-refractivity contribution in [3.05, 3.63) is 42.7 Å². The molecular formula is C12H14N4O. The lowest BCUT2D eigenvalue weighted by molar-refractivity contribution is -0.119. The molecule has 0 aliphatic carbocycles. The molecule has 3 N–H and O–H groups in total. The number of hydrogen-bond acceptors (Lipinski definition) is 3. The standard InChI is InChI=1S/C12H14N4O/c1-9(16-7-3-6-14-16)12(17)15-11-5-2-4-10(13)8-11/h2-9H,13H2,1H3,(H,15,17)/t9-/m1/s1. The van der Waals surface area contributed by atoms with Crippen LogP contribution < -0.4 is 11.1 Å². The van der Waals surface area contributed by atoms with E-state index in [0.29, 0.717) is 11.4 Å². The van der Waals surface area contributed by atoms with Gasteiger partial charge in [0.25, 0.3) is 0 Å². The number of rotatable bonds is 3. The molecule has 0 unspecified atom stereocenters. The maximum atomic E-state index is 11.9. The number of nitrogens with two attached hydrogens (primary N) is 1. The van der Waals surface area contributed by atoms with Gasteiger partial charge in [-0.15, -0.1) is 0 Å². The summed E-state index contributed by atoms with van der Waals surface area (Å²) in [4.78, 5) is 11.9. The van der Waals surface area contributed by atoms with Crippen molar-refractivity contribution in [2.75, 3.05) is 11.1 Å². The van der Waals surface area contributed by atoms with E-state index in [1.807, 2.05) is 0 Å². The van der Waals surface area contributed by atoms with E-state index in [1.54, 1.807) is 54.3 Å². The van der Waals surface area contributed by atoms with Gasteiger partial charge in [-0.25, -0.2) is 0 Å². The van der Waals surface area contributed by atoms with Crippen molar-refractivity contribution in [2.45, 2.75) is 13.0 Å². The third-order valence-corrected chi connectivity index (χ3v) is 2.46. The number of nitrogens with zero attached hydrogens (tertiary/aromatic N) is 2. The van der Waals surface area contributed by atoms with E-state index < -0.39 is 0 Å². The topological polar surface area (TPSA) is 72.9 Å². The van der Waals surface area contributed by atoms with Gasteiger partial charge in [-0.1, -0.05) is 6.07 Å². The summed E-state index contributed by atoms with van der Waals surface area (Å²) in [6.45, 7) is 1.79. The Hall–Kier alpha value is -2.30. The highest BCUT2D eigenvalue weighted by atomic mass is 16.2. The predicted molar refractivity (Wildman–Crippen MR) is 66.4 cm³/mol. The molecule has 0 saturated carbocycles. The summed E-state index contributed by atoms with van der Waals surface area (Å²) in [6, 6.07) is 8.50. The minimum Gasteiger partial charge on any atom is -0.399 e. The molecule has 0 aliphatic heterocycles. The van der Waals surface area contributed by atoms with Crippen molar-refractivity contribution in [3.8, 4) is 0 Å². The van der Waals surface area contributed by atoms with Crippen LogP contribution in [0.25, 0.3) is 0 Å². The fourth-order valence-corrected chi connectivity index (χ4v) is 1.49. The average molecular weight is 230 g/mol. The first-order chi connectivity index (χ1) is 8.16. The molecule has 2 rings (SSSR count). The van der Waals surface area contributed by atoms with Crippen LogP contribution >= 0.6 is 0 Å². The van der Waals surface area contributed by atoms with Crippen LogP contribution in [-0.2, 0) is 4.79 Å². The van der Waals surface area contributed by atoms with Crippen molar-refractivity contribution >= 4 is 17.3 Å². The van der Waals surface area contributed by atoms with Crippen LogP contribution in [0.5, 0.6) is 0 Å². The Bertz CT molecular complexity index is 507. The highest BCUT2D eigenvalue weighted by Crippen LogP contribution is 2.14. The lowest BCUT2D eigenvalue weighted by Crippen LogP contribution is -2.23. The minimum absolute atomic E-state index is 0.126. The number of nitrogens with one attached hydrogen (secondary N) is 1. The molecule has 1 heterocycles. The maximum absolute atomic E-state index is 11.9. The first kappa shape index (κ1) is 11.2. The van der Waals surface area contributed by atoms with Gasteiger partial charge in [-0.05, 0) is 31.2 Å². The summed E-state index contributed by atoms with van der Waals surface area (Å²) in [5, 5.41) is 6.82. The molecule has 0 aliphatic rings. The molecule has 88 valence electrons. The van der Waals surface area contributed by atoms with Gasteiger partial charge < -0.3 is 11.1 Å². The molecule has 1 atom stereocenters. The maximum Gasteiger partial charge on any atom is 0.248 e. The van der Waals surface area contributed by atoms with Crippen LogP contribution in [-0.4, -0.2) is 15.7 Å². The fraction of sp³-hybridized carbons (Fsp3) is 0.167. The van der Waals surface area contributed by atoms with Crippen LogP contribution in [0.15, 0.2) is 42.7 Å². The van der Waals surface area contributed by atoms with Crippen LogP contribution in [0.2, 0.25) is 0 Å². The van der Waals surface area contributed by atoms with Crippen molar-refractivity contribution in [2.24, 2.45) is 0 Å². The van der Waals surface area contributed by atoms with Crippen LogP contribution in [0.3, 0.4) is 0 Å². The van der Waals surface area contributed by atoms with Gasteiger partial charge in [0.05, 0.1) is 0 Å². The summed E-state index contributed by atoms with van der Waals surface area (Å²) in [5.74, 6) is -0.126. The first-order valence-corrected chi connectivity index (χ1v) is 5.32. The molecule has 1 amide bonds. The van der Waals surface area contributed by atoms with E-state index in [9.17, 15) is 4.79 Å². The molecule has 5 nitrogen and oxygen atoms in total. The Morgan fingerprint density at radius 2 is 2.29 bits per heavy atom. The molecule has 1 aromatic carbocycles. The Morgan fingerprint density at radius 1 is 1.47 bits per heavy atom. The largest absolute Gasteiger partial charge is 0.399 e. The van der Waals surface area contributed by atoms with Crippen molar-refractivity contribution in [3.63, 3.8) is 0 Å².